The number of aryl methyl sites for hydroxylation is 1. The molecule has 0 aliphatic heterocycles. The Kier molecular flexibility index (Phi) is 6.12. The van der Waals surface area contributed by atoms with Crippen LogP contribution in [0.2, 0.25) is 0 Å². The summed E-state index contributed by atoms with van der Waals surface area (Å²) in [6.45, 7) is 2.54. The van der Waals surface area contributed by atoms with Gasteiger partial charge in [-0.2, -0.15) is 5.10 Å². The van der Waals surface area contributed by atoms with E-state index in [-0.39, 0.29) is 0 Å². The number of imidazole rings is 1. The van der Waals surface area contributed by atoms with E-state index in [1.807, 2.05) is 47.4 Å². The van der Waals surface area contributed by atoms with Crippen LogP contribution in [0.1, 0.15) is 12.1 Å². The molecule has 0 saturated heterocycles. The Hall–Kier alpha value is -3.97. The van der Waals surface area contributed by atoms with Crippen molar-refractivity contribution in [2.75, 3.05) is 13.7 Å². The highest BCUT2D eigenvalue weighted by Crippen LogP contribution is 2.28. The maximum atomic E-state index is 5.33. The van der Waals surface area contributed by atoms with Crippen LogP contribution in [0.15, 0.2) is 85.5 Å². The lowest BCUT2D eigenvalue weighted by atomic mass is 10.1. The maximum Gasteiger partial charge on any atom is 0.156 e. The number of ether oxygens (including phenoxy) is 1. The van der Waals surface area contributed by atoms with Crippen molar-refractivity contribution in [3.8, 4) is 28.3 Å². The van der Waals surface area contributed by atoms with Gasteiger partial charge in [0.2, 0.25) is 0 Å². The maximum absolute atomic E-state index is 5.33. The molecule has 3 heterocycles. The van der Waals surface area contributed by atoms with E-state index in [2.05, 4.69) is 51.3 Å². The summed E-state index contributed by atoms with van der Waals surface area (Å²) in [4.78, 5) is 8.98. The number of fused-ring (bicyclic) bond motifs is 1. The van der Waals surface area contributed by atoms with E-state index in [0.29, 0.717) is 6.54 Å². The molecule has 7 heteroatoms. The first kappa shape index (κ1) is 20.9. The fraction of sp³-hybridized carbons (Fsp3) is 0.192. The van der Waals surface area contributed by atoms with E-state index < -0.39 is 0 Å². The molecular formula is C26H26N6O. The Morgan fingerprint density at radius 2 is 1.82 bits per heavy atom. The molecule has 33 heavy (non-hydrogen) atoms. The second-order valence-electron chi connectivity index (χ2n) is 7.86. The van der Waals surface area contributed by atoms with Gasteiger partial charge in [0.25, 0.3) is 0 Å². The average Bonchev–Trinajstić information content (AvgIpc) is 3.53. The largest absolute Gasteiger partial charge is 0.497 e. The summed E-state index contributed by atoms with van der Waals surface area (Å²) in [5.74, 6) is 0.827. The minimum atomic E-state index is 0.690. The van der Waals surface area contributed by atoms with Crippen LogP contribution in [0.4, 0.5) is 0 Å². The number of nitrogens with one attached hydrogen (secondary N) is 1. The molecule has 0 atom stereocenters. The van der Waals surface area contributed by atoms with Crippen molar-refractivity contribution in [2.24, 2.45) is 0 Å². The van der Waals surface area contributed by atoms with Gasteiger partial charge < -0.3 is 14.6 Å². The topological polar surface area (TPSA) is 69.3 Å². The zero-order valence-corrected chi connectivity index (χ0v) is 18.6. The summed E-state index contributed by atoms with van der Waals surface area (Å²) < 4.78 is 9.34. The van der Waals surface area contributed by atoms with Crippen molar-refractivity contribution in [3.63, 3.8) is 0 Å². The van der Waals surface area contributed by atoms with Crippen LogP contribution in [0.3, 0.4) is 0 Å². The zero-order chi connectivity index (χ0) is 22.5. The predicted octanol–water partition coefficient (Wildman–Crippen LogP) is 4.45. The van der Waals surface area contributed by atoms with Gasteiger partial charge in [-0.05, 0) is 43.3 Å². The van der Waals surface area contributed by atoms with Crippen LogP contribution in [-0.2, 0) is 13.1 Å². The average molecular weight is 439 g/mol. The second kappa shape index (κ2) is 9.67. The van der Waals surface area contributed by atoms with Gasteiger partial charge in [0.05, 0.1) is 30.5 Å². The van der Waals surface area contributed by atoms with Gasteiger partial charge in [-0.1, -0.05) is 30.3 Å². The highest BCUT2D eigenvalue weighted by atomic mass is 16.5. The first-order chi connectivity index (χ1) is 16.3. The smallest absolute Gasteiger partial charge is 0.156 e. The number of hydrogen-bond donors (Lipinski definition) is 1. The molecule has 5 aromatic rings. The van der Waals surface area contributed by atoms with Gasteiger partial charge >= 0.3 is 0 Å². The van der Waals surface area contributed by atoms with Crippen LogP contribution >= 0.6 is 0 Å². The third-order valence-electron chi connectivity index (χ3n) is 5.57. The molecule has 0 bridgehead atoms. The third kappa shape index (κ3) is 4.78. The molecule has 5 rings (SSSR count). The van der Waals surface area contributed by atoms with Crippen LogP contribution in [-0.4, -0.2) is 37.8 Å². The number of rotatable bonds is 9. The zero-order valence-electron chi connectivity index (χ0n) is 18.6. The lowest BCUT2D eigenvalue weighted by molar-refractivity contribution is 0.415. The second-order valence-corrected chi connectivity index (χ2v) is 7.86. The van der Waals surface area contributed by atoms with Crippen molar-refractivity contribution in [1.82, 2.24) is 29.5 Å². The standard InChI is InChI=1S/C26H26N6O/c1-33-23-10-8-21(9-11-23)25-17-24(20-6-3-2-4-7-20)29-26-16-22(30-32(25)26)18-27-12-5-14-31-15-13-28-19-31/h2-4,6-11,13,15-17,19,27H,5,12,14,18H2,1H3. The summed E-state index contributed by atoms with van der Waals surface area (Å²) in [5, 5.41) is 8.35. The van der Waals surface area contributed by atoms with Gasteiger partial charge in [0, 0.05) is 42.7 Å². The number of nitrogens with zero attached hydrogens (tertiary/aromatic N) is 5. The molecule has 3 aromatic heterocycles. The first-order valence-corrected chi connectivity index (χ1v) is 11.1. The van der Waals surface area contributed by atoms with Crippen LogP contribution in [0.25, 0.3) is 28.2 Å². The fourth-order valence-corrected chi connectivity index (χ4v) is 3.85. The Morgan fingerprint density at radius 1 is 0.970 bits per heavy atom. The number of hydrogen-bond acceptors (Lipinski definition) is 5. The predicted molar refractivity (Wildman–Crippen MR) is 129 cm³/mol. The first-order valence-electron chi connectivity index (χ1n) is 11.1. The summed E-state index contributed by atoms with van der Waals surface area (Å²) in [5.41, 5.74) is 5.85. The lowest BCUT2D eigenvalue weighted by Crippen LogP contribution is -2.16. The van der Waals surface area contributed by atoms with E-state index >= 15 is 0 Å². The van der Waals surface area contributed by atoms with Crippen LogP contribution in [0.5, 0.6) is 5.75 Å². The molecule has 0 radical (unpaired) electrons. The Balaban J connectivity index is 1.41. The Bertz CT molecular complexity index is 1310. The quantitative estimate of drug-likeness (QED) is 0.345. The normalized spacial score (nSPS) is 11.2. The molecule has 0 unspecified atom stereocenters. The van der Waals surface area contributed by atoms with Gasteiger partial charge in [-0.15, -0.1) is 0 Å². The number of aromatic nitrogens is 5. The third-order valence-corrected chi connectivity index (χ3v) is 5.57. The SMILES string of the molecule is COc1ccc(-c2cc(-c3ccccc3)nc3cc(CNCCCn4ccnc4)nn23)cc1. The molecule has 2 aromatic carbocycles. The van der Waals surface area contributed by atoms with Crippen molar-refractivity contribution in [1.29, 1.82) is 0 Å². The Morgan fingerprint density at radius 3 is 2.58 bits per heavy atom. The molecule has 7 nitrogen and oxygen atoms in total. The highest BCUT2D eigenvalue weighted by Gasteiger charge is 2.13. The minimum absolute atomic E-state index is 0.690. The van der Waals surface area contributed by atoms with Crippen molar-refractivity contribution < 1.29 is 4.74 Å². The van der Waals surface area contributed by atoms with E-state index in [0.717, 1.165) is 59.1 Å². The molecule has 1 N–H and O–H groups in total. The number of methoxy groups -OCH3 is 1. The van der Waals surface area contributed by atoms with Gasteiger partial charge in [0.15, 0.2) is 5.65 Å². The molecule has 0 amide bonds. The highest BCUT2D eigenvalue weighted by molar-refractivity contribution is 5.71. The Labute approximate surface area is 192 Å². The molecule has 0 aliphatic rings. The molecule has 0 fully saturated rings. The van der Waals surface area contributed by atoms with Crippen molar-refractivity contribution >= 4 is 5.65 Å². The van der Waals surface area contributed by atoms with E-state index in [1.165, 1.54) is 0 Å². The molecular weight excluding hydrogens is 412 g/mol. The van der Waals surface area contributed by atoms with E-state index in [9.17, 15) is 0 Å². The van der Waals surface area contributed by atoms with E-state index in [1.54, 1.807) is 13.3 Å². The van der Waals surface area contributed by atoms with Crippen LogP contribution < -0.4 is 10.1 Å². The van der Waals surface area contributed by atoms with Crippen molar-refractivity contribution in [3.05, 3.63) is 91.1 Å². The number of benzene rings is 2. The molecule has 0 spiro atoms. The van der Waals surface area contributed by atoms with Gasteiger partial charge in [-0.3, -0.25) is 0 Å². The minimum Gasteiger partial charge on any atom is -0.497 e. The summed E-state index contributed by atoms with van der Waals surface area (Å²) >= 11 is 0. The van der Waals surface area contributed by atoms with Crippen LogP contribution in [0, 0.1) is 0 Å². The van der Waals surface area contributed by atoms with Gasteiger partial charge in [0.1, 0.15) is 5.75 Å². The van der Waals surface area contributed by atoms with Gasteiger partial charge in [-0.25, -0.2) is 14.5 Å². The molecule has 0 saturated carbocycles. The van der Waals surface area contributed by atoms with Crippen molar-refractivity contribution in [2.45, 2.75) is 19.5 Å². The molecule has 0 aliphatic carbocycles. The summed E-state index contributed by atoms with van der Waals surface area (Å²) in [6.07, 6.45) is 6.66. The fourth-order valence-electron chi connectivity index (χ4n) is 3.85. The summed E-state index contributed by atoms with van der Waals surface area (Å²) in [7, 11) is 1.68. The monoisotopic (exact) mass is 438 g/mol. The van der Waals surface area contributed by atoms with E-state index in [4.69, 9.17) is 14.8 Å². The molecule has 166 valence electrons. The summed E-state index contributed by atoms with van der Waals surface area (Å²) in [6, 6.07) is 22.4. The lowest BCUT2D eigenvalue weighted by Gasteiger charge is -2.09.